The molecule has 1 N–H and O–H groups in total. The Morgan fingerprint density at radius 1 is 1.12 bits per heavy atom. The van der Waals surface area contributed by atoms with Crippen molar-refractivity contribution in [1.82, 2.24) is 5.32 Å². The van der Waals surface area contributed by atoms with E-state index >= 15 is 0 Å². The van der Waals surface area contributed by atoms with E-state index in [0.717, 1.165) is 17.8 Å². The average Bonchev–Trinajstić information content (AvgIpc) is 2.28. The predicted molar refractivity (Wildman–Crippen MR) is 77.3 cm³/mol. The van der Waals surface area contributed by atoms with Crippen LogP contribution in [-0.4, -0.2) is 12.6 Å². The number of unbranched alkanes of at least 4 members (excludes halogenated alkanes) is 2. The molecule has 1 nitrogen and oxygen atoms in total. The fourth-order valence-corrected chi connectivity index (χ4v) is 3.23. The van der Waals surface area contributed by atoms with Crippen LogP contribution in [-0.2, 0) is 0 Å². The van der Waals surface area contributed by atoms with Crippen molar-refractivity contribution >= 4 is 0 Å². The second-order valence-electron chi connectivity index (χ2n) is 6.50. The molecular weight excluding hydrogens is 206 g/mol. The van der Waals surface area contributed by atoms with Gasteiger partial charge in [0, 0.05) is 6.04 Å². The van der Waals surface area contributed by atoms with Gasteiger partial charge in [-0.2, -0.15) is 0 Å². The minimum Gasteiger partial charge on any atom is -0.314 e. The minimum absolute atomic E-state index is 0.644. The first-order valence-corrected chi connectivity index (χ1v) is 7.86. The normalized spacial score (nSPS) is 29.8. The van der Waals surface area contributed by atoms with Crippen molar-refractivity contribution in [1.29, 1.82) is 0 Å². The molecular formula is C16H33N. The summed E-state index contributed by atoms with van der Waals surface area (Å²) in [6.45, 7) is 10.5. The monoisotopic (exact) mass is 239 g/mol. The van der Waals surface area contributed by atoms with Crippen LogP contribution in [0.2, 0.25) is 0 Å². The lowest BCUT2D eigenvalue weighted by Gasteiger charge is -2.35. The number of hydrogen-bond acceptors (Lipinski definition) is 1. The fourth-order valence-electron chi connectivity index (χ4n) is 3.23. The molecule has 0 aromatic carbocycles. The molecule has 0 aliphatic heterocycles. The summed E-state index contributed by atoms with van der Waals surface area (Å²) in [4.78, 5) is 0. The second kappa shape index (κ2) is 8.13. The lowest BCUT2D eigenvalue weighted by atomic mass is 9.72. The van der Waals surface area contributed by atoms with Crippen LogP contribution >= 0.6 is 0 Å². The molecule has 3 unspecified atom stereocenters. The Morgan fingerprint density at radius 3 is 2.53 bits per heavy atom. The smallest absolute Gasteiger partial charge is 0.00104 e. The maximum atomic E-state index is 3.65. The van der Waals surface area contributed by atoms with Crippen molar-refractivity contribution < 1.29 is 0 Å². The third-order valence-corrected chi connectivity index (χ3v) is 4.37. The van der Waals surface area contributed by atoms with Gasteiger partial charge in [0.15, 0.2) is 0 Å². The van der Waals surface area contributed by atoms with E-state index in [-0.39, 0.29) is 0 Å². The molecule has 0 aromatic heterocycles. The Labute approximate surface area is 109 Å². The van der Waals surface area contributed by atoms with Gasteiger partial charge in [-0.25, -0.2) is 0 Å². The molecule has 0 bridgehead atoms. The summed E-state index contributed by atoms with van der Waals surface area (Å²) < 4.78 is 0. The maximum Gasteiger partial charge on any atom is 0.00104 e. The van der Waals surface area contributed by atoms with E-state index in [2.05, 4.69) is 33.0 Å². The van der Waals surface area contributed by atoms with Gasteiger partial charge in [0.1, 0.15) is 0 Å². The minimum atomic E-state index is 0.644. The van der Waals surface area contributed by atoms with Gasteiger partial charge in [-0.05, 0) is 37.1 Å². The van der Waals surface area contributed by atoms with Crippen molar-refractivity contribution in [2.45, 2.75) is 78.7 Å². The standard InChI is InChI=1S/C16H33N/c1-5-6-7-8-15-11-14(4)9-10-16(15)12-17-13(2)3/h13-17H,5-12H2,1-4H3. The van der Waals surface area contributed by atoms with E-state index in [9.17, 15) is 0 Å². The highest BCUT2D eigenvalue weighted by molar-refractivity contribution is 4.80. The van der Waals surface area contributed by atoms with E-state index in [0.29, 0.717) is 6.04 Å². The van der Waals surface area contributed by atoms with Crippen LogP contribution in [0.5, 0.6) is 0 Å². The molecule has 17 heavy (non-hydrogen) atoms. The Bertz CT molecular complexity index is 188. The van der Waals surface area contributed by atoms with Crippen molar-refractivity contribution in [2.75, 3.05) is 6.54 Å². The molecule has 3 atom stereocenters. The lowest BCUT2D eigenvalue weighted by molar-refractivity contribution is 0.169. The Balaban J connectivity index is 2.35. The third kappa shape index (κ3) is 5.90. The summed E-state index contributed by atoms with van der Waals surface area (Å²) in [6, 6.07) is 0.644. The molecule has 0 amide bonds. The quantitative estimate of drug-likeness (QED) is 0.639. The van der Waals surface area contributed by atoms with Crippen molar-refractivity contribution in [2.24, 2.45) is 17.8 Å². The van der Waals surface area contributed by atoms with E-state index in [1.165, 1.54) is 51.5 Å². The molecule has 1 aliphatic carbocycles. The van der Waals surface area contributed by atoms with Crippen molar-refractivity contribution in [3.63, 3.8) is 0 Å². The summed E-state index contributed by atoms with van der Waals surface area (Å²) >= 11 is 0. The summed E-state index contributed by atoms with van der Waals surface area (Å²) in [7, 11) is 0. The number of nitrogens with one attached hydrogen (secondary N) is 1. The average molecular weight is 239 g/mol. The Kier molecular flexibility index (Phi) is 7.18. The predicted octanol–water partition coefficient (Wildman–Crippen LogP) is 4.62. The molecule has 0 radical (unpaired) electrons. The molecule has 0 aromatic rings. The van der Waals surface area contributed by atoms with Crippen LogP contribution in [0.1, 0.15) is 72.6 Å². The van der Waals surface area contributed by atoms with Gasteiger partial charge in [0.2, 0.25) is 0 Å². The maximum absolute atomic E-state index is 3.65. The molecule has 0 saturated heterocycles. The van der Waals surface area contributed by atoms with Crippen LogP contribution in [0.15, 0.2) is 0 Å². The first-order chi connectivity index (χ1) is 8.13. The molecule has 1 fully saturated rings. The molecule has 102 valence electrons. The van der Waals surface area contributed by atoms with E-state index in [4.69, 9.17) is 0 Å². The first kappa shape index (κ1) is 15.0. The van der Waals surface area contributed by atoms with Crippen molar-refractivity contribution in [3.8, 4) is 0 Å². The third-order valence-electron chi connectivity index (χ3n) is 4.37. The highest BCUT2D eigenvalue weighted by Gasteiger charge is 2.27. The van der Waals surface area contributed by atoms with Crippen LogP contribution in [0.25, 0.3) is 0 Å². The molecule has 1 rings (SSSR count). The van der Waals surface area contributed by atoms with Gasteiger partial charge < -0.3 is 5.32 Å². The fraction of sp³-hybridized carbons (Fsp3) is 1.00. The van der Waals surface area contributed by atoms with E-state index in [1.54, 1.807) is 0 Å². The largest absolute Gasteiger partial charge is 0.314 e. The number of hydrogen-bond donors (Lipinski definition) is 1. The Morgan fingerprint density at radius 2 is 1.88 bits per heavy atom. The highest BCUT2D eigenvalue weighted by Crippen LogP contribution is 2.36. The molecule has 0 spiro atoms. The van der Waals surface area contributed by atoms with E-state index < -0.39 is 0 Å². The Hall–Kier alpha value is -0.0400. The zero-order chi connectivity index (χ0) is 12.7. The highest BCUT2D eigenvalue weighted by atomic mass is 14.9. The van der Waals surface area contributed by atoms with Gasteiger partial charge in [0.05, 0.1) is 0 Å². The molecule has 1 saturated carbocycles. The first-order valence-electron chi connectivity index (χ1n) is 7.86. The molecule has 0 heterocycles. The molecule has 1 aliphatic rings. The van der Waals surface area contributed by atoms with Gasteiger partial charge in [-0.1, -0.05) is 59.8 Å². The summed E-state index contributed by atoms with van der Waals surface area (Å²) in [5.41, 5.74) is 0. The van der Waals surface area contributed by atoms with Crippen LogP contribution < -0.4 is 5.32 Å². The molecule has 1 heteroatoms. The SMILES string of the molecule is CCCCCC1CC(C)CCC1CNC(C)C. The van der Waals surface area contributed by atoms with Gasteiger partial charge in [-0.15, -0.1) is 0 Å². The summed E-state index contributed by atoms with van der Waals surface area (Å²) in [5, 5.41) is 3.65. The summed E-state index contributed by atoms with van der Waals surface area (Å²) in [5.74, 6) is 2.92. The number of rotatable bonds is 7. The van der Waals surface area contributed by atoms with Crippen LogP contribution in [0.3, 0.4) is 0 Å². The lowest BCUT2D eigenvalue weighted by Crippen LogP contribution is -2.35. The summed E-state index contributed by atoms with van der Waals surface area (Å²) in [6.07, 6.45) is 10.1. The van der Waals surface area contributed by atoms with Gasteiger partial charge in [-0.3, -0.25) is 0 Å². The van der Waals surface area contributed by atoms with E-state index in [1.807, 2.05) is 0 Å². The van der Waals surface area contributed by atoms with Crippen molar-refractivity contribution in [3.05, 3.63) is 0 Å². The zero-order valence-electron chi connectivity index (χ0n) is 12.5. The second-order valence-corrected chi connectivity index (χ2v) is 6.50. The van der Waals surface area contributed by atoms with Gasteiger partial charge >= 0.3 is 0 Å². The van der Waals surface area contributed by atoms with Crippen LogP contribution in [0.4, 0.5) is 0 Å². The topological polar surface area (TPSA) is 12.0 Å². The van der Waals surface area contributed by atoms with Crippen LogP contribution in [0, 0.1) is 17.8 Å². The zero-order valence-corrected chi connectivity index (χ0v) is 12.5. The van der Waals surface area contributed by atoms with Gasteiger partial charge in [0.25, 0.3) is 0 Å².